The Bertz CT molecular complexity index is 391. The lowest BCUT2D eigenvalue weighted by Gasteiger charge is -2.12. The molecular formula is C16H24O4. The van der Waals surface area contributed by atoms with Crippen LogP contribution in [-0.2, 0) is 19.1 Å². The third-order valence-electron chi connectivity index (χ3n) is 3.26. The van der Waals surface area contributed by atoms with E-state index in [4.69, 9.17) is 9.47 Å². The Morgan fingerprint density at radius 3 is 2.55 bits per heavy atom. The number of hydrogen-bond acceptors (Lipinski definition) is 4. The van der Waals surface area contributed by atoms with Gasteiger partial charge in [0.25, 0.3) is 0 Å². The van der Waals surface area contributed by atoms with Gasteiger partial charge in [0.15, 0.2) is 0 Å². The van der Waals surface area contributed by atoms with Gasteiger partial charge in [-0.3, -0.25) is 4.79 Å². The standard InChI is InChI=1S/C16H24O4/c1-3-19-15(17)13-9-7-5-6-8-10-14(12-11-13)16(18)20-4-2/h11,13H,3-10H2,1-2H3. The van der Waals surface area contributed by atoms with E-state index >= 15 is 0 Å². The quantitative estimate of drug-likeness (QED) is 0.586. The number of hydrogen-bond donors (Lipinski definition) is 0. The van der Waals surface area contributed by atoms with E-state index in [1.165, 1.54) is 0 Å². The molecule has 0 spiro atoms. The molecular weight excluding hydrogens is 256 g/mol. The zero-order valence-corrected chi connectivity index (χ0v) is 12.4. The molecule has 1 aliphatic rings. The lowest BCUT2D eigenvalue weighted by Crippen LogP contribution is -2.16. The van der Waals surface area contributed by atoms with Gasteiger partial charge in [0, 0.05) is 0 Å². The van der Waals surface area contributed by atoms with Crippen LogP contribution in [0.4, 0.5) is 0 Å². The highest BCUT2D eigenvalue weighted by Gasteiger charge is 2.18. The molecule has 1 atom stereocenters. The van der Waals surface area contributed by atoms with E-state index in [1.807, 2.05) is 0 Å². The number of rotatable bonds is 4. The summed E-state index contributed by atoms with van der Waals surface area (Å²) in [5.74, 6) is -0.867. The molecule has 0 fully saturated rings. The highest BCUT2D eigenvalue weighted by atomic mass is 16.5. The molecule has 4 heteroatoms. The first kappa shape index (κ1) is 16.5. The molecule has 1 aliphatic carbocycles. The lowest BCUT2D eigenvalue weighted by atomic mass is 9.97. The first-order valence-electron chi connectivity index (χ1n) is 7.48. The van der Waals surface area contributed by atoms with Gasteiger partial charge in [0.1, 0.15) is 0 Å². The van der Waals surface area contributed by atoms with Gasteiger partial charge < -0.3 is 9.47 Å². The summed E-state index contributed by atoms with van der Waals surface area (Å²) >= 11 is 0. The molecule has 0 saturated carbocycles. The average Bonchev–Trinajstić information content (AvgIpc) is 2.44. The highest BCUT2D eigenvalue weighted by Crippen LogP contribution is 2.19. The maximum absolute atomic E-state index is 11.8. The predicted molar refractivity (Wildman–Crippen MR) is 76.1 cm³/mol. The second kappa shape index (κ2) is 9.38. The van der Waals surface area contributed by atoms with Crippen molar-refractivity contribution in [2.24, 2.45) is 5.92 Å². The number of ether oxygens (including phenoxy) is 2. The predicted octanol–water partition coefficient (Wildman–Crippen LogP) is 3.16. The Kier molecular flexibility index (Phi) is 7.74. The molecule has 20 heavy (non-hydrogen) atoms. The van der Waals surface area contributed by atoms with Crippen molar-refractivity contribution in [3.63, 3.8) is 0 Å². The molecule has 0 aromatic carbocycles. The van der Waals surface area contributed by atoms with Gasteiger partial charge in [-0.1, -0.05) is 19.3 Å². The molecule has 1 unspecified atom stereocenters. The molecule has 0 amide bonds. The Morgan fingerprint density at radius 1 is 1.15 bits per heavy atom. The third-order valence-corrected chi connectivity index (χ3v) is 3.26. The van der Waals surface area contributed by atoms with Crippen molar-refractivity contribution >= 4 is 11.9 Å². The minimum atomic E-state index is -0.327. The monoisotopic (exact) mass is 280 g/mol. The van der Waals surface area contributed by atoms with Crippen LogP contribution in [0.25, 0.3) is 0 Å². The molecule has 0 saturated heterocycles. The van der Waals surface area contributed by atoms with Crippen molar-refractivity contribution in [3.05, 3.63) is 17.4 Å². The molecule has 0 aliphatic heterocycles. The highest BCUT2D eigenvalue weighted by molar-refractivity contribution is 5.88. The van der Waals surface area contributed by atoms with Crippen molar-refractivity contribution in [2.45, 2.75) is 52.4 Å². The summed E-state index contributed by atoms with van der Waals surface area (Å²) in [6, 6.07) is 0. The van der Waals surface area contributed by atoms with E-state index < -0.39 is 0 Å². The van der Waals surface area contributed by atoms with Crippen LogP contribution in [0.5, 0.6) is 0 Å². The number of carbonyl (C=O) groups is 2. The van der Waals surface area contributed by atoms with Gasteiger partial charge in [0.05, 0.1) is 24.7 Å². The van der Waals surface area contributed by atoms with E-state index in [0.717, 1.165) is 32.1 Å². The van der Waals surface area contributed by atoms with Gasteiger partial charge >= 0.3 is 11.9 Å². The van der Waals surface area contributed by atoms with E-state index in [9.17, 15) is 9.59 Å². The second-order valence-corrected chi connectivity index (χ2v) is 4.82. The van der Waals surface area contributed by atoms with Gasteiger partial charge in [-0.15, -0.1) is 5.73 Å². The number of carbonyl (C=O) groups excluding carboxylic acids is 2. The summed E-state index contributed by atoms with van der Waals surface area (Å²) in [5.41, 5.74) is 3.51. The van der Waals surface area contributed by atoms with Crippen LogP contribution in [-0.4, -0.2) is 25.2 Å². The van der Waals surface area contributed by atoms with Crippen LogP contribution in [0.1, 0.15) is 52.4 Å². The zero-order valence-electron chi connectivity index (χ0n) is 12.4. The molecule has 112 valence electrons. The summed E-state index contributed by atoms with van der Waals surface area (Å²) in [4.78, 5) is 23.7. The largest absolute Gasteiger partial charge is 0.466 e. The van der Waals surface area contributed by atoms with Gasteiger partial charge in [0.2, 0.25) is 0 Å². The molecule has 4 nitrogen and oxygen atoms in total. The van der Waals surface area contributed by atoms with Crippen molar-refractivity contribution in [1.82, 2.24) is 0 Å². The number of esters is 2. The first-order valence-corrected chi connectivity index (χ1v) is 7.48. The molecule has 0 aromatic heterocycles. The SMILES string of the molecule is CCOC(=O)C1=C=CC(C(=O)OCC)CCCCCC1. The minimum absolute atomic E-state index is 0.233. The molecule has 0 bridgehead atoms. The topological polar surface area (TPSA) is 52.6 Å². The Morgan fingerprint density at radius 2 is 1.85 bits per heavy atom. The summed E-state index contributed by atoms with van der Waals surface area (Å²) in [6.07, 6.45) is 7.16. The van der Waals surface area contributed by atoms with Gasteiger partial charge in [-0.05, 0) is 39.2 Å². The van der Waals surface area contributed by atoms with E-state index in [-0.39, 0.29) is 17.9 Å². The Balaban J connectivity index is 2.90. The Hall–Kier alpha value is -1.54. The first-order chi connectivity index (χ1) is 9.69. The van der Waals surface area contributed by atoms with Crippen LogP contribution in [0, 0.1) is 5.92 Å². The maximum Gasteiger partial charge on any atom is 0.341 e. The van der Waals surface area contributed by atoms with Crippen LogP contribution in [0.3, 0.4) is 0 Å². The van der Waals surface area contributed by atoms with Crippen molar-refractivity contribution in [1.29, 1.82) is 0 Å². The average molecular weight is 280 g/mol. The smallest absolute Gasteiger partial charge is 0.341 e. The van der Waals surface area contributed by atoms with Crippen molar-refractivity contribution < 1.29 is 19.1 Å². The van der Waals surface area contributed by atoms with Crippen molar-refractivity contribution in [2.75, 3.05) is 13.2 Å². The van der Waals surface area contributed by atoms with Crippen molar-refractivity contribution in [3.8, 4) is 0 Å². The summed E-state index contributed by atoms with van der Waals surface area (Å²) < 4.78 is 10.1. The molecule has 0 heterocycles. The molecule has 0 radical (unpaired) electrons. The van der Waals surface area contributed by atoms with Gasteiger partial charge in [-0.25, -0.2) is 4.79 Å². The summed E-state index contributed by atoms with van der Waals surface area (Å²) in [5, 5.41) is 0. The van der Waals surface area contributed by atoms with Crippen LogP contribution in [0.2, 0.25) is 0 Å². The van der Waals surface area contributed by atoms with Crippen LogP contribution in [0.15, 0.2) is 17.4 Å². The normalized spacial score (nSPS) is 19.9. The molecule has 0 N–H and O–H groups in total. The van der Waals surface area contributed by atoms with E-state index in [2.05, 4.69) is 5.73 Å². The maximum atomic E-state index is 11.8. The molecule has 0 aromatic rings. The molecule has 1 rings (SSSR count). The second-order valence-electron chi connectivity index (χ2n) is 4.82. The van der Waals surface area contributed by atoms with Gasteiger partial charge in [-0.2, -0.15) is 0 Å². The van der Waals surface area contributed by atoms with E-state index in [1.54, 1.807) is 19.9 Å². The lowest BCUT2D eigenvalue weighted by molar-refractivity contribution is -0.146. The Labute approximate surface area is 120 Å². The summed E-state index contributed by atoms with van der Waals surface area (Å²) in [6.45, 7) is 4.30. The zero-order chi connectivity index (χ0) is 14.8. The van der Waals surface area contributed by atoms with Crippen LogP contribution >= 0.6 is 0 Å². The fourth-order valence-electron chi connectivity index (χ4n) is 2.19. The fourth-order valence-corrected chi connectivity index (χ4v) is 2.19. The summed E-state index contributed by atoms with van der Waals surface area (Å²) in [7, 11) is 0. The third kappa shape index (κ3) is 5.62. The van der Waals surface area contributed by atoms with Crippen LogP contribution < -0.4 is 0 Å². The fraction of sp³-hybridized carbons (Fsp3) is 0.688. The van der Waals surface area contributed by atoms with E-state index in [0.29, 0.717) is 25.2 Å². The minimum Gasteiger partial charge on any atom is -0.466 e.